The Labute approximate surface area is 84.7 Å². The first-order chi connectivity index (χ1) is 6.22. The Kier molecular flexibility index (Phi) is 3.96. The van der Waals surface area contributed by atoms with Crippen LogP contribution in [0.15, 0.2) is 24.3 Å². The summed E-state index contributed by atoms with van der Waals surface area (Å²) in [6.07, 6.45) is 0.226. The van der Waals surface area contributed by atoms with Crippen LogP contribution in [0.3, 0.4) is 0 Å². The second kappa shape index (κ2) is 5.02. The Balaban J connectivity index is 2.59. The first-order valence-corrected chi connectivity index (χ1v) is 4.97. The Morgan fingerprint density at radius 1 is 1.31 bits per heavy atom. The third-order valence-corrected chi connectivity index (χ3v) is 1.67. The monoisotopic (exact) mass is 197 g/mol. The number of benzene rings is 1. The molecule has 1 aromatic carbocycles. The van der Waals surface area contributed by atoms with Gasteiger partial charge in [0.25, 0.3) is 0 Å². The van der Waals surface area contributed by atoms with Crippen molar-refractivity contribution in [1.29, 1.82) is 0 Å². The maximum absolute atomic E-state index is 5.50. The smallest absolute Gasteiger partial charge is 0.119 e. The minimum atomic E-state index is 0.226. The van der Waals surface area contributed by atoms with Crippen LogP contribution < -0.4 is 10.1 Å². The lowest BCUT2D eigenvalue weighted by molar-refractivity contribution is 0.242. The van der Waals surface area contributed by atoms with Crippen molar-refractivity contribution >= 4 is 18.3 Å². The molecule has 0 atom stereocenters. The van der Waals surface area contributed by atoms with Gasteiger partial charge in [-0.05, 0) is 38.1 Å². The average molecular weight is 197 g/mol. The number of hydrogen-bond acceptors (Lipinski definition) is 3. The molecule has 2 nitrogen and oxygen atoms in total. The predicted molar refractivity (Wildman–Crippen MR) is 59.7 cm³/mol. The molecule has 0 saturated heterocycles. The van der Waals surface area contributed by atoms with E-state index in [1.165, 1.54) is 0 Å². The van der Waals surface area contributed by atoms with Crippen molar-refractivity contribution in [3.63, 3.8) is 0 Å². The summed E-state index contributed by atoms with van der Waals surface area (Å²) in [7, 11) is 0. The molecule has 0 spiro atoms. The molecule has 1 rings (SSSR count). The highest BCUT2D eigenvalue weighted by molar-refractivity contribution is 7.80. The van der Waals surface area contributed by atoms with Gasteiger partial charge in [-0.2, -0.15) is 12.6 Å². The molecule has 0 bridgehead atoms. The van der Waals surface area contributed by atoms with E-state index in [0.29, 0.717) is 5.88 Å². The minimum absolute atomic E-state index is 0.226. The number of rotatable bonds is 4. The van der Waals surface area contributed by atoms with Gasteiger partial charge < -0.3 is 10.1 Å². The van der Waals surface area contributed by atoms with Crippen LogP contribution in [0.25, 0.3) is 0 Å². The SMILES string of the molecule is CC(C)Oc1ccc(NCS)cc1. The zero-order valence-electron chi connectivity index (χ0n) is 7.95. The van der Waals surface area contributed by atoms with E-state index in [0.717, 1.165) is 11.4 Å². The third-order valence-electron chi connectivity index (χ3n) is 1.51. The molecule has 0 fully saturated rings. The molecule has 3 heteroatoms. The van der Waals surface area contributed by atoms with Gasteiger partial charge >= 0.3 is 0 Å². The first kappa shape index (κ1) is 10.3. The van der Waals surface area contributed by atoms with Crippen molar-refractivity contribution in [2.45, 2.75) is 20.0 Å². The van der Waals surface area contributed by atoms with Crippen LogP contribution in [0, 0.1) is 0 Å². The van der Waals surface area contributed by atoms with Crippen LogP contribution in [0.2, 0.25) is 0 Å². The molecule has 1 aromatic rings. The van der Waals surface area contributed by atoms with Crippen LogP contribution >= 0.6 is 12.6 Å². The fourth-order valence-electron chi connectivity index (χ4n) is 1.01. The molecule has 0 aliphatic rings. The third kappa shape index (κ3) is 3.59. The summed E-state index contributed by atoms with van der Waals surface area (Å²) >= 11 is 4.07. The summed E-state index contributed by atoms with van der Waals surface area (Å²) in [5.41, 5.74) is 1.06. The molecule has 0 heterocycles. The lowest BCUT2D eigenvalue weighted by atomic mass is 10.3. The van der Waals surface area contributed by atoms with Gasteiger partial charge in [0, 0.05) is 5.69 Å². The molecule has 0 saturated carbocycles. The van der Waals surface area contributed by atoms with Gasteiger partial charge in [-0.25, -0.2) is 0 Å². The van der Waals surface area contributed by atoms with Crippen LogP contribution in [0.5, 0.6) is 5.75 Å². The molecule has 0 aromatic heterocycles. The Hall–Kier alpha value is -0.830. The van der Waals surface area contributed by atoms with Crippen LogP contribution in [-0.2, 0) is 0 Å². The van der Waals surface area contributed by atoms with E-state index in [1.807, 2.05) is 38.1 Å². The number of hydrogen-bond donors (Lipinski definition) is 2. The van der Waals surface area contributed by atoms with Crippen LogP contribution in [0.1, 0.15) is 13.8 Å². The van der Waals surface area contributed by atoms with Gasteiger partial charge in [-0.15, -0.1) is 0 Å². The van der Waals surface area contributed by atoms with E-state index >= 15 is 0 Å². The summed E-state index contributed by atoms with van der Waals surface area (Å²) in [5, 5.41) is 3.10. The van der Waals surface area contributed by atoms with Crippen molar-refractivity contribution in [2.75, 3.05) is 11.2 Å². The molecule has 0 aliphatic carbocycles. The molecule has 1 N–H and O–H groups in total. The summed E-state index contributed by atoms with van der Waals surface area (Å²) in [4.78, 5) is 0. The largest absolute Gasteiger partial charge is 0.491 e. The van der Waals surface area contributed by atoms with E-state index in [2.05, 4.69) is 17.9 Å². The van der Waals surface area contributed by atoms with Gasteiger partial charge in [0.2, 0.25) is 0 Å². The van der Waals surface area contributed by atoms with E-state index in [-0.39, 0.29) is 6.10 Å². The second-order valence-electron chi connectivity index (χ2n) is 3.03. The Morgan fingerprint density at radius 3 is 2.38 bits per heavy atom. The van der Waals surface area contributed by atoms with Crippen LogP contribution in [-0.4, -0.2) is 12.0 Å². The highest BCUT2D eigenvalue weighted by Crippen LogP contribution is 2.16. The molecule has 0 radical (unpaired) electrons. The fourth-order valence-corrected chi connectivity index (χ4v) is 1.20. The van der Waals surface area contributed by atoms with Gasteiger partial charge in [-0.3, -0.25) is 0 Å². The average Bonchev–Trinajstić information content (AvgIpc) is 2.08. The maximum atomic E-state index is 5.50. The molecular weight excluding hydrogens is 182 g/mol. The number of thiol groups is 1. The number of anilines is 1. The Bertz CT molecular complexity index is 246. The fraction of sp³-hybridized carbons (Fsp3) is 0.400. The first-order valence-electron chi connectivity index (χ1n) is 4.34. The van der Waals surface area contributed by atoms with E-state index in [9.17, 15) is 0 Å². The highest BCUT2D eigenvalue weighted by Gasteiger charge is 1.96. The summed E-state index contributed by atoms with van der Waals surface area (Å²) in [6.45, 7) is 4.03. The van der Waals surface area contributed by atoms with E-state index in [4.69, 9.17) is 4.74 Å². The number of nitrogens with one attached hydrogen (secondary N) is 1. The minimum Gasteiger partial charge on any atom is -0.491 e. The normalized spacial score (nSPS) is 10.2. The zero-order valence-corrected chi connectivity index (χ0v) is 8.84. The summed E-state index contributed by atoms with van der Waals surface area (Å²) < 4.78 is 5.50. The van der Waals surface area contributed by atoms with E-state index < -0.39 is 0 Å². The lowest BCUT2D eigenvalue weighted by Crippen LogP contribution is -2.05. The van der Waals surface area contributed by atoms with Crippen molar-refractivity contribution in [3.05, 3.63) is 24.3 Å². The number of ether oxygens (including phenoxy) is 1. The van der Waals surface area contributed by atoms with Crippen molar-refractivity contribution in [1.82, 2.24) is 0 Å². The predicted octanol–water partition coefficient (Wildman–Crippen LogP) is 2.77. The molecule has 0 aliphatic heterocycles. The molecule has 0 unspecified atom stereocenters. The van der Waals surface area contributed by atoms with Gasteiger partial charge in [0.15, 0.2) is 0 Å². The molecule has 13 heavy (non-hydrogen) atoms. The molecule has 0 amide bonds. The van der Waals surface area contributed by atoms with Crippen molar-refractivity contribution in [2.24, 2.45) is 0 Å². The van der Waals surface area contributed by atoms with Gasteiger partial charge in [0.1, 0.15) is 5.75 Å². The topological polar surface area (TPSA) is 21.3 Å². The summed E-state index contributed by atoms with van der Waals surface area (Å²) in [5.74, 6) is 1.55. The quantitative estimate of drug-likeness (QED) is 0.572. The maximum Gasteiger partial charge on any atom is 0.119 e. The van der Waals surface area contributed by atoms with Crippen molar-refractivity contribution < 1.29 is 4.74 Å². The second-order valence-corrected chi connectivity index (χ2v) is 3.34. The molecule has 72 valence electrons. The molecular formula is C10H15NOS. The van der Waals surface area contributed by atoms with Gasteiger partial charge in [-0.1, -0.05) is 0 Å². The van der Waals surface area contributed by atoms with Crippen LogP contribution in [0.4, 0.5) is 5.69 Å². The van der Waals surface area contributed by atoms with E-state index in [1.54, 1.807) is 0 Å². The van der Waals surface area contributed by atoms with Crippen molar-refractivity contribution in [3.8, 4) is 5.75 Å². The highest BCUT2D eigenvalue weighted by atomic mass is 32.1. The van der Waals surface area contributed by atoms with Gasteiger partial charge in [0.05, 0.1) is 12.0 Å². The standard InChI is InChI=1S/C10H15NOS/c1-8(2)12-10-5-3-9(4-6-10)11-7-13/h3-6,8,11,13H,7H2,1-2H3. The summed E-state index contributed by atoms with van der Waals surface area (Å²) in [6, 6.07) is 7.86. The Morgan fingerprint density at radius 2 is 1.92 bits per heavy atom. The lowest BCUT2D eigenvalue weighted by Gasteiger charge is -2.10. The zero-order chi connectivity index (χ0) is 9.68.